The first kappa shape index (κ1) is 16.7. The van der Waals surface area contributed by atoms with Crippen LogP contribution in [0.15, 0.2) is 48.7 Å². The highest BCUT2D eigenvalue weighted by molar-refractivity contribution is 5.91. The molecule has 3 aromatic rings. The van der Waals surface area contributed by atoms with Gasteiger partial charge in [-0.05, 0) is 42.0 Å². The molecule has 0 saturated carbocycles. The molecule has 0 aliphatic rings. The molecule has 0 aliphatic heterocycles. The molecule has 1 amide bonds. The van der Waals surface area contributed by atoms with Gasteiger partial charge in [-0.3, -0.25) is 4.79 Å². The quantitative estimate of drug-likeness (QED) is 0.742. The van der Waals surface area contributed by atoms with Crippen molar-refractivity contribution in [1.29, 1.82) is 0 Å². The summed E-state index contributed by atoms with van der Waals surface area (Å²) >= 11 is 0. The third kappa shape index (κ3) is 3.86. The lowest BCUT2D eigenvalue weighted by atomic mass is 10.1. The summed E-state index contributed by atoms with van der Waals surface area (Å²) in [5.41, 5.74) is 1.46. The van der Waals surface area contributed by atoms with E-state index >= 15 is 0 Å². The number of amides is 1. The Hall–Kier alpha value is -3.13. The highest BCUT2D eigenvalue weighted by Crippen LogP contribution is 2.11. The van der Waals surface area contributed by atoms with E-state index in [9.17, 15) is 13.6 Å². The normalized spacial score (nSPS) is 10.7. The second-order valence-corrected chi connectivity index (χ2v) is 5.29. The number of nitrogens with zero attached hydrogens (tertiary/aromatic N) is 3. The largest absolute Gasteiger partial charge is 0.392 e. The first-order valence-electron chi connectivity index (χ1n) is 7.41. The van der Waals surface area contributed by atoms with Gasteiger partial charge in [-0.15, -0.1) is 5.10 Å². The van der Waals surface area contributed by atoms with Gasteiger partial charge in [0.2, 0.25) is 0 Å². The fourth-order valence-corrected chi connectivity index (χ4v) is 2.22. The van der Waals surface area contributed by atoms with Gasteiger partial charge in [0.05, 0.1) is 18.5 Å². The minimum atomic E-state index is -0.500. The van der Waals surface area contributed by atoms with Crippen LogP contribution in [-0.4, -0.2) is 26.0 Å². The molecule has 0 atom stereocenters. The van der Waals surface area contributed by atoms with Crippen molar-refractivity contribution in [2.75, 3.05) is 0 Å². The Bertz CT molecular complexity index is 894. The van der Waals surface area contributed by atoms with E-state index in [1.54, 1.807) is 0 Å². The third-order valence-corrected chi connectivity index (χ3v) is 3.55. The topological polar surface area (TPSA) is 80.0 Å². The predicted octanol–water partition coefficient (Wildman–Crippen LogP) is 1.97. The molecule has 0 radical (unpaired) electrons. The zero-order valence-corrected chi connectivity index (χ0v) is 13.0. The minimum Gasteiger partial charge on any atom is -0.392 e. The Morgan fingerprint density at radius 1 is 1.16 bits per heavy atom. The van der Waals surface area contributed by atoms with Gasteiger partial charge >= 0.3 is 0 Å². The monoisotopic (exact) mass is 344 g/mol. The number of nitrogens with one attached hydrogen (secondary N) is 1. The zero-order valence-electron chi connectivity index (χ0n) is 13.0. The number of hydrogen-bond donors (Lipinski definition) is 2. The summed E-state index contributed by atoms with van der Waals surface area (Å²) in [5, 5.41) is 19.3. The lowest BCUT2D eigenvalue weighted by Crippen LogP contribution is -2.23. The number of aliphatic hydroxyl groups excluding tert-OH is 1. The van der Waals surface area contributed by atoms with Crippen molar-refractivity contribution in [3.05, 3.63) is 77.1 Å². The highest BCUT2D eigenvalue weighted by Gasteiger charge is 2.12. The number of aromatic nitrogens is 3. The molecule has 0 aliphatic carbocycles. The van der Waals surface area contributed by atoms with E-state index in [-0.39, 0.29) is 23.6 Å². The number of benzene rings is 2. The molecule has 8 heteroatoms. The van der Waals surface area contributed by atoms with Gasteiger partial charge in [0.15, 0.2) is 5.69 Å². The van der Waals surface area contributed by atoms with E-state index < -0.39 is 18.3 Å². The highest BCUT2D eigenvalue weighted by atomic mass is 19.1. The van der Waals surface area contributed by atoms with Crippen molar-refractivity contribution in [3.8, 4) is 5.69 Å². The molecular formula is C17H14F2N4O2. The molecule has 0 spiro atoms. The molecule has 0 saturated heterocycles. The first-order valence-corrected chi connectivity index (χ1v) is 7.41. The van der Waals surface area contributed by atoms with Gasteiger partial charge < -0.3 is 10.4 Å². The average molecular weight is 344 g/mol. The molecule has 2 aromatic carbocycles. The Kier molecular flexibility index (Phi) is 4.80. The summed E-state index contributed by atoms with van der Waals surface area (Å²) in [6.07, 6.45) is 1.42. The number of aliphatic hydroxyl groups is 1. The third-order valence-electron chi connectivity index (χ3n) is 3.55. The smallest absolute Gasteiger partial charge is 0.273 e. The number of rotatable bonds is 5. The van der Waals surface area contributed by atoms with Crippen molar-refractivity contribution >= 4 is 5.91 Å². The van der Waals surface area contributed by atoms with E-state index in [0.29, 0.717) is 11.3 Å². The maximum Gasteiger partial charge on any atom is 0.273 e. The fraction of sp³-hybridized carbons (Fsp3) is 0.118. The summed E-state index contributed by atoms with van der Waals surface area (Å²) in [6.45, 7) is -0.269. The number of carbonyl (C=O) groups excluding carboxylic acids is 1. The maximum atomic E-state index is 13.3. The van der Waals surface area contributed by atoms with Gasteiger partial charge in [-0.25, -0.2) is 13.5 Å². The molecular weight excluding hydrogens is 330 g/mol. The predicted molar refractivity (Wildman–Crippen MR) is 84.8 cm³/mol. The van der Waals surface area contributed by atoms with Crippen LogP contribution in [0.1, 0.15) is 21.6 Å². The van der Waals surface area contributed by atoms with Gasteiger partial charge in [0.1, 0.15) is 11.6 Å². The van der Waals surface area contributed by atoms with E-state index in [0.717, 1.165) is 0 Å². The van der Waals surface area contributed by atoms with Crippen molar-refractivity contribution in [3.63, 3.8) is 0 Å². The number of carbonyl (C=O) groups is 1. The zero-order chi connectivity index (χ0) is 17.8. The second kappa shape index (κ2) is 7.18. The van der Waals surface area contributed by atoms with E-state index in [1.165, 1.54) is 53.3 Å². The van der Waals surface area contributed by atoms with Crippen LogP contribution in [0.2, 0.25) is 0 Å². The van der Waals surface area contributed by atoms with Gasteiger partial charge in [-0.1, -0.05) is 11.3 Å². The Labute approximate surface area is 141 Å². The molecule has 0 fully saturated rings. The summed E-state index contributed by atoms with van der Waals surface area (Å²) in [4.78, 5) is 12.1. The lowest BCUT2D eigenvalue weighted by Gasteiger charge is -2.06. The summed E-state index contributed by atoms with van der Waals surface area (Å²) in [7, 11) is 0. The van der Waals surface area contributed by atoms with Crippen LogP contribution < -0.4 is 5.32 Å². The van der Waals surface area contributed by atoms with Crippen molar-refractivity contribution in [2.45, 2.75) is 13.2 Å². The van der Waals surface area contributed by atoms with Gasteiger partial charge in [0.25, 0.3) is 5.91 Å². The summed E-state index contributed by atoms with van der Waals surface area (Å²) < 4.78 is 27.6. The summed E-state index contributed by atoms with van der Waals surface area (Å²) in [6, 6.07) is 9.82. The van der Waals surface area contributed by atoms with Crippen LogP contribution >= 0.6 is 0 Å². The molecule has 0 bridgehead atoms. The van der Waals surface area contributed by atoms with Crippen molar-refractivity contribution < 1.29 is 18.7 Å². The van der Waals surface area contributed by atoms with Crippen LogP contribution in [0.25, 0.3) is 5.69 Å². The van der Waals surface area contributed by atoms with E-state index in [1.807, 2.05) is 0 Å². The molecule has 1 aromatic heterocycles. The van der Waals surface area contributed by atoms with E-state index in [4.69, 9.17) is 5.11 Å². The Morgan fingerprint density at radius 2 is 1.92 bits per heavy atom. The number of halogens is 2. The molecule has 2 N–H and O–H groups in total. The van der Waals surface area contributed by atoms with Crippen molar-refractivity contribution in [1.82, 2.24) is 20.3 Å². The van der Waals surface area contributed by atoms with Gasteiger partial charge in [0, 0.05) is 12.1 Å². The molecule has 0 unspecified atom stereocenters. The van der Waals surface area contributed by atoms with Gasteiger partial charge in [-0.2, -0.15) is 0 Å². The first-order chi connectivity index (χ1) is 12.1. The standard InChI is InChI=1S/C17H14F2N4O2/c18-13-2-4-14(5-3-13)23-9-16(21-22-23)17(25)20-8-11-1-6-15(19)12(7-11)10-24/h1-7,9,24H,8,10H2,(H,20,25). The summed E-state index contributed by atoms with van der Waals surface area (Å²) in [5.74, 6) is -1.33. The van der Waals surface area contributed by atoms with Crippen LogP contribution in [0, 0.1) is 11.6 Å². The Morgan fingerprint density at radius 3 is 2.64 bits per heavy atom. The Balaban J connectivity index is 1.67. The fourth-order valence-electron chi connectivity index (χ4n) is 2.22. The SMILES string of the molecule is O=C(NCc1ccc(F)c(CO)c1)c1cn(-c2ccc(F)cc2)nn1. The van der Waals surface area contributed by atoms with Crippen LogP contribution in [0.4, 0.5) is 8.78 Å². The molecule has 128 valence electrons. The molecule has 3 rings (SSSR count). The van der Waals surface area contributed by atoms with Crippen LogP contribution in [-0.2, 0) is 13.2 Å². The van der Waals surface area contributed by atoms with E-state index in [2.05, 4.69) is 15.6 Å². The lowest BCUT2D eigenvalue weighted by molar-refractivity contribution is 0.0946. The molecule has 1 heterocycles. The maximum absolute atomic E-state index is 13.3. The molecule has 25 heavy (non-hydrogen) atoms. The molecule has 6 nitrogen and oxygen atoms in total. The van der Waals surface area contributed by atoms with Crippen molar-refractivity contribution in [2.24, 2.45) is 0 Å². The second-order valence-electron chi connectivity index (χ2n) is 5.29. The number of hydrogen-bond acceptors (Lipinski definition) is 4. The van der Waals surface area contributed by atoms with Crippen LogP contribution in [0.5, 0.6) is 0 Å². The minimum absolute atomic E-state index is 0.0915. The average Bonchev–Trinajstić information content (AvgIpc) is 3.11. The van der Waals surface area contributed by atoms with Crippen LogP contribution in [0.3, 0.4) is 0 Å².